The molecule has 0 heterocycles. The molecule has 18 heteroatoms. The van der Waals surface area contributed by atoms with Crippen LogP contribution in [0.25, 0.3) is 0 Å². The molecular formula is C95H162O16P2. The van der Waals surface area contributed by atoms with Gasteiger partial charge < -0.3 is 34.2 Å². The number of carbonyl (C=O) groups is 3. The van der Waals surface area contributed by atoms with E-state index in [1.807, 2.05) is 0 Å². The van der Waals surface area contributed by atoms with Crippen LogP contribution in [0.2, 0.25) is 0 Å². The van der Waals surface area contributed by atoms with Gasteiger partial charge in [0.1, 0.15) is 25.4 Å². The van der Waals surface area contributed by atoms with Crippen LogP contribution in [0.1, 0.15) is 367 Å². The molecule has 113 heavy (non-hydrogen) atoms. The summed E-state index contributed by atoms with van der Waals surface area (Å²) in [6.07, 6.45) is 110. The van der Waals surface area contributed by atoms with Gasteiger partial charge in [-0.2, -0.15) is 0 Å². The predicted molar refractivity (Wildman–Crippen MR) is 472 cm³/mol. The molecule has 0 bridgehead atoms. The molecule has 0 spiro atoms. The van der Waals surface area contributed by atoms with Crippen molar-refractivity contribution in [3.63, 3.8) is 0 Å². The Morgan fingerprint density at radius 2 is 0.469 bits per heavy atom. The number of hydrogen-bond acceptors (Lipinski definition) is 14. The summed E-state index contributed by atoms with van der Waals surface area (Å²) < 4.78 is 61.4. The van der Waals surface area contributed by atoms with Gasteiger partial charge in [-0.25, -0.2) is 9.13 Å². The van der Waals surface area contributed by atoms with Crippen molar-refractivity contribution in [1.82, 2.24) is 0 Å². The van der Waals surface area contributed by atoms with Crippen molar-refractivity contribution < 1.29 is 75.8 Å². The van der Waals surface area contributed by atoms with Crippen molar-refractivity contribution in [1.29, 1.82) is 0 Å². The molecule has 0 saturated carbocycles. The average Bonchev–Trinajstić information content (AvgIpc) is 0.915. The van der Waals surface area contributed by atoms with Crippen molar-refractivity contribution in [2.45, 2.75) is 386 Å². The van der Waals surface area contributed by atoms with Crippen LogP contribution in [0.3, 0.4) is 0 Å². The summed E-state index contributed by atoms with van der Waals surface area (Å²) in [5.41, 5.74) is 0. The number of rotatable bonds is 84. The number of esters is 3. The van der Waals surface area contributed by atoms with Crippen LogP contribution in [0.4, 0.5) is 0 Å². The molecule has 5 atom stereocenters. The van der Waals surface area contributed by atoms with Gasteiger partial charge >= 0.3 is 33.6 Å². The van der Waals surface area contributed by atoms with E-state index in [0.29, 0.717) is 19.3 Å². The number of hydrogen-bond donors (Lipinski definition) is 4. The molecule has 0 radical (unpaired) electrons. The third-order valence-corrected chi connectivity index (χ3v) is 20.6. The Morgan fingerprint density at radius 1 is 0.257 bits per heavy atom. The number of unbranched alkanes of at least 4 members (excludes halogenated alkanes) is 35. The molecule has 0 aromatic rings. The molecule has 0 aromatic heterocycles. The monoisotopic (exact) mass is 1620 g/mol. The summed E-state index contributed by atoms with van der Waals surface area (Å²) in [6, 6.07) is 0. The zero-order valence-electron chi connectivity index (χ0n) is 71.3. The molecule has 4 N–H and O–H groups in total. The maximum absolute atomic E-state index is 13.1. The average molecular weight is 1620 g/mol. The fourth-order valence-corrected chi connectivity index (χ4v) is 13.5. The lowest BCUT2D eigenvalue weighted by atomic mass is 10.0. The molecule has 0 aliphatic heterocycles. The van der Waals surface area contributed by atoms with E-state index in [1.165, 1.54) is 135 Å². The first-order valence-corrected chi connectivity index (χ1v) is 47.8. The fraction of sp³-hybridized carbons (Fsp3) is 0.695. The van der Waals surface area contributed by atoms with Gasteiger partial charge in [-0.15, -0.1) is 0 Å². The first-order valence-electron chi connectivity index (χ1n) is 44.8. The Bertz CT molecular complexity index is 2680. The van der Waals surface area contributed by atoms with Gasteiger partial charge in [0.05, 0.1) is 26.4 Å². The lowest BCUT2D eigenvalue weighted by Crippen LogP contribution is -2.30. The van der Waals surface area contributed by atoms with Crippen LogP contribution >= 0.6 is 15.6 Å². The van der Waals surface area contributed by atoms with E-state index in [9.17, 15) is 43.5 Å². The molecule has 0 aromatic carbocycles. The highest BCUT2D eigenvalue weighted by Crippen LogP contribution is 2.45. The zero-order chi connectivity index (χ0) is 82.2. The minimum atomic E-state index is -4.95. The first-order chi connectivity index (χ1) is 55.2. The summed E-state index contributed by atoms with van der Waals surface area (Å²) in [6.45, 7) is 2.53. The van der Waals surface area contributed by atoms with Gasteiger partial charge in [-0.05, 0) is 154 Å². The zero-order valence-corrected chi connectivity index (χ0v) is 73.0. The smallest absolute Gasteiger partial charge is 0.463 e. The van der Waals surface area contributed by atoms with Crippen molar-refractivity contribution in [3.05, 3.63) is 158 Å². The lowest BCUT2D eigenvalue weighted by molar-refractivity contribution is -0.161. The van der Waals surface area contributed by atoms with Crippen molar-refractivity contribution in [3.8, 4) is 0 Å². The Morgan fingerprint density at radius 3 is 0.743 bits per heavy atom. The summed E-state index contributed by atoms with van der Waals surface area (Å²) in [5.74, 6) is -1.59. The molecule has 0 saturated heterocycles. The summed E-state index contributed by atoms with van der Waals surface area (Å²) >= 11 is 0. The van der Waals surface area contributed by atoms with E-state index in [1.54, 1.807) is 0 Å². The van der Waals surface area contributed by atoms with Crippen molar-refractivity contribution in [2.24, 2.45) is 0 Å². The Kier molecular flexibility index (Phi) is 82.8. The summed E-state index contributed by atoms with van der Waals surface area (Å²) in [5, 5.41) is 20.7. The van der Waals surface area contributed by atoms with E-state index >= 15 is 0 Å². The minimum Gasteiger partial charge on any atom is -0.463 e. The van der Waals surface area contributed by atoms with Gasteiger partial charge in [0.25, 0.3) is 0 Å². The number of ether oxygens (including phenoxy) is 3. The van der Waals surface area contributed by atoms with Gasteiger partial charge in [0.2, 0.25) is 0 Å². The van der Waals surface area contributed by atoms with Gasteiger partial charge in [-0.1, -0.05) is 352 Å². The number of allylic oxidation sites excluding steroid dienone is 26. The summed E-state index contributed by atoms with van der Waals surface area (Å²) in [7, 11) is -9.82. The van der Waals surface area contributed by atoms with Crippen LogP contribution in [-0.2, 0) is 55.8 Å². The number of phosphoric acid groups is 2. The highest BCUT2D eigenvalue weighted by Gasteiger charge is 2.29. The number of phosphoric ester groups is 2. The van der Waals surface area contributed by atoms with Gasteiger partial charge in [0, 0.05) is 19.3 Å². The number of carbonyl (C=O) groups excluding carboxylic acids is 3. The van der Waals surface area contributed by atoms with Gasteiger partial charge in [-0.3, -0.25) is 32.5 Å². The molecule has 0 rings (SSSR count). The normalized spacial score (nSPS) is 14.6. The third-order valence-electron chi connectivity index (χ3n) is 18.7. The topological polar surface area (TPSA) is 231 Å². The molecule has 0 aliphatic rings. The third kappa shape index (κ3) is 87.8. The highest BCUT2D eigenvalue weighted by atomic mass is 31.2. The standard InChI is InChI=1S/C95H162O16P2/c1-4-7-10-13-16-19-22-25-28-31-34-37-40-42-44-46-49-51-54-57-60-63-66-69-72-75-78-81-93(98)105-84-90(96)85-107-112(101,102)108-86-91(97)87-109-113(103,104)110-89-92(111-95(100)83-80-77-74-71-68-65-62-59-56-53-48-39-36-33-30-27-24-21-18-15-12-9-6-3)88-106-94(99)82-79-76-73-70-67-64-61-58-55-52-50-47-45-43-41-38-35-32-29-26-23-20-17-14-11-8-5-2/h7,10,16-21,25-30,34-39,42-45,53,56,90-92,96-97H,4-6,8-9,11-15,22-24,31-33,40-41,46-52,54-55,57-89H2,1-3H3,(H,101,102)(H,103,104)/b10-7-,19-16-,20-17-,21-18-,28-25-,29-26-,30-27-,37-34-,38-35-,39-36-,44-42-,45-43-,56-53-. The van der Waals surface area contributed by atoms with E-state index in [4.69, 9.17) is 32.3 Å². The van der Waals surface area contributed by atoms with Crippen LogP contribution in [0.5, 0.6) is 0 Å². The number of aliphatic hydroxyl groups is 2. The molecule has 0 aliphatic carbocycles. The molecule has 5 unspecified atom stereocenters. The molecule has 16 nitrogen and oxygen atoms in total. The van der Waals surface area contributed by atoms with E-state index in [-0.39, 0.29) is 19.3 Å². The molecular weight excluding hydrogens is 1460 g/mol. The fourth-order valence-electron chi connectivity index (χ4n) is 11.9. The summed E-state index contributed by atoms with van der Waals surface area (Å²) in [4.78, 5) is 59.0. The second kappa shape index (κ2) is 86.5. The first kappa shape index (κ1) is 108. The Hall–Kier alpha value is -4.83. The van der Waals surface area contributed by atoms with Crippen molar-refractivity contribution in [2.75, 3.05) is 39.6 Å². The maximum Gasteiger partial charge on any atom is 0.472 e. The molecule has 648 valence electrons. The highest BCUT2D eigenvalue weighted by molar-refractivity contribution is 7.47. The van der Waals surface area contributed by atoms with Crippen LogP contribution < -0.4 is 0 Å². The van der Waals surface area contributed by atoms with E-state index < -0.39 is 91.5 Å². The van der Waals surface area contributed by atoms with Crippen LogP contribution in [0, 0.1) is 0 Å². The predicted octanol–water partition coefficient (Wildman–Crippen LogP) is 27.3. The largest absolute Gasteiger partial charge is 0.472 e. The lowest BCUT2D eigenvalue weighted by Gasteiger charge is -2.21. The van der Waals surface area contributed by atoms with Crippen molar-refractivity contribution >= 4 is 33.6 Å². The second-order valence-electron chi connectivity index (χ2n) is 29.7. The second-order valence-corrected chi connectivity index (χ2v) is 32.6. The van der Waals surface area contributed by atoms with Gasteiger partial charge in [0.15, 0.2) is 6.10 Å². The van der Waals surface area contributed by atoms with E-state index in [2.05, 4.69) is 179 Å². The van der Waals surface area contributed by atoms with Crippen LogP contribution in [-0.4, -0.2) is 95.9 Å². The molecule has 0 fully saturated rings. The minimum absolute atomic E-state index is 0.0879. The Labute approximate surface area is 689 Å². The van der Waals surface area contributed by atoms with Crippen LogP contribution in [0.15, 0.2) is 158 Å². The van der Waals surface area contributed by atoms with E-state index in [0.717, 1.165) is 173 Å². The quantitative estimate of drug-likeness (QED) is 0.0146. The molecule has 0 amide bonds. The maximum atomic E-state index is 13.1. The Balaban J connectivity index is 4.68. The SMILES string of the molecule is CC/C=C\C/C=C\C/C=C\C/C=C\C/C=C\CCCCCCCCCCCCCC(=O)OCC(O)COP(=O)(O)OCC(O)COP(=O)(O)OCC(COC(=O)CCCCCCCCCCCCC/C=C\C/C=C\C/C=C\C/C=C\CCCCC)OC(=O)CCCCCCCCC/C=C\C/C=C\C/C=C\C/C=C\CCCCC. The number of aliphatic hydroxyl groups excluding tert-OH is 2.